The molecule has 0 fully saturated rings. The van der Waals surface area contributed by atoms with Gasteiger partial charge in [-0.3, -0.25) is 4.79 Å². The van der Waals surface area contributed by atoms with Crippen LogP contribution in [0.25, 0.3) is 21.0 Å². The van der Waals surface area contributed by atoms with E-state index in [1.54, 1.807) is 17.6 Å². The van der Waals surface area contributed by atoms with Crippen LogP contribution in [0.15, 0.2) is 70.1 Å². The first-order chi connectivity index (χ1) is 14.2. The summed E-state index contributed by atoms with van der Waals surface area (Å²) in [5, 5.41) is 6.28. The number of benzene rings is 3. The molecule has 0 saturated heterocycles. The van der Waals surface area contributed by atoms with Gasteiger partial charge >= 0.3 is 0 Å². The maximum Gasteiger partial charge on any atom is 0.250 e. The van der Waals surface area contributed by atoms with Crippen molar-refractivity contribution in [2.45, 2.75) is 11.3 Å². The zero-order chi connectivity index (χ0) is 20.1. The second-order valence-electron chi connectivity index (χ2n) is 6.16. The third kappa shape index (κ3) is 4.58. The molecule has 1 amide bonds. The van der Waals surface area contributed by atoms with Gasteiger partial charge in [-0.15, -0.1) is 11.3 Å². The Morgan fingerprint density at radius 2 is 2.00 bits per heavy atom. The number of hydrogen-bond donors (Lipinski definition) is 1. The highest BCUT2D eigenvalue weighted by Gasteiger charge is 2.09. The van der Waals surface area contributed by atoms with Crippen molar-refractivity contribution in [1.29, 1.82) is 0 Å². The Morgan fingerprint density at radius 1 is 1.17 bits per heavy atom. The van der Waals surface area contributed by atoms with E-state index in [1.165, 1.54) is 11.8 Å². The van der Waals surface area contributed by atoms with Gasteiger partial charge in [-0.25, -0.2) is 10.4 Å². The Hall–Kier alpha value is -2.90. The van der Waals surface area contributed by atoms with Crippen LogP contribution in [-0.2, 0) is 4.79 Å². The summed E-state index contributed by atoms with van der Waals surface area (Å²) < 4.78 is 7.71. The molecule has 0 saturated carbocycles. The SMILES string of the molecule is CCOc1ccc2ccccc2c1/C=N\NC(=O)CSc1nc2ccccc2s1. The number of nitrogens with one attached hydrogen (secondary N) is 1. The Balaban J connectivity index is 1.42. The number of nitrogens with zero attached hydrogens (tertiary/aromatic N) is 2. The first-order valence-electron chi connectivity index (χ1n) is 9.19. The van der Waals surface area contributed by atoms with E-state index in [9.17, 15) is 4.79 Å². The number of para-hydroxylation sites is 1. The molecule has 3 aromatic carbocycles. The van der Waals surface area contributed by atoms with E-state index in [0.29, 0.717) is 6.61 Å². The van der Waals surface area contributed by atoms with Crippen molar-refractivity contribution in [1.82, 2.24) is 10.4 Å². The number of thioether (sulfide) groups is 1. The van der Waals surface area contributed by atoms with Crippen LogP contribution in [0, 0.1) is 0 Å². The summed E-state index contributed by atoms with van der Waals surface area (Å²) in [5.41, 5.74) is 4.41. The van der Waals surface area contributed by atoms with Crippen molar-refractivity contribution >= 4 is 56.2 Å². The van der Waals surface area contributed by atoms with Gasteiger partial charge in [-0.1, -0.05) is 54.2 Å². The van der Waals surface area contributed by atoms with E-state index >= 15 is 0 Å². The number of ether oxygens (including phenoxy) is 1. The van der Waals surface area contributed by atoms with Gasteiger partial charge in [-0.05, 0) is 35.9 Å². The topological polar surface area (TPSA) is 63.6 Å². The predicted molar refractivity (Wildman–Crippen MR) is 121 cm³/mol. The average Bonchev–Trinajstić information content (AvgIpc) is 3.17. The molecule has 0 bridgehead atoms. The second-order valence-corrected chi connectivity index (χ2v) is 8.41. The number of carbonyl (C=O) groups is 1. The van der Waals surface area contributed by atoms with Gasteiger partial charge in [0.2, 0.25) is 0 Å². The number of fused-ring (bicyclic) bond motifs is 2. The smallest absolute Gasteiger partial charge is 0.250 e. The Morgan fingerprint density at radius 3 is 2.86 bits per heavy atom. The van der Waals surface area contributed by atoms with Gasteiger partial charge in [0.05, 0.1) is 28.8 Å². The van der Waals surface area contributed by atoms with Gasteiger partial charge in [0.25, 0.3) is 5.91 Å². The monoisotopic (exact) mass is 421 g/mol. The maximum atomic E-state index is 12.2. The molecule has 0 atom stereocenters. The number of amides is 1. The van der Waals surface area contributed by atoms with Crippen molar-refractivity contribution in [2.75, 3.05) is 12.4 Å². The number of aromatic nitrogens is 1. The lowest BCUT2D eigenvalue weighted by atomic mass is 10.0. The van der Waals surface area contributed by atoms with Crippen molar-refractivity contribution in [2.24, 2.45) is 5.10 Å². The molecule has 0 aliphatic carbocycles. The fraction of sp³-hybridized carbons (Fsp3) is 0.136. The number of rotatable bonds is 7. The van der Waals surface area contributed by atoms with Crippen LogP contribution < -0.4 is 10.2 Å². The van der Waals surface area contributed by atoms with Gasteiger partial charge in [0, 0.05) is 5.56 Å². The Labute approximate surface area is 176 Å². The summed E-state index contributed by atoms with van der Waals surface area (Å²) in [4.78, 5) is 16.7. The van der Waals surface area contributed by atoms with Gasteiger partial charge in [0.1, 0.15) is 5.75 Å². The fourth-order valence-corrected chi connectivity index (χ4v) is 4.79. The van der Waals surface area contributed by atoms with E-state index in [1.807, 2.05) is 67.6 Å². The van der Waals surface area contributed by atoms with Crippen LogP contribution in [-0.4, -0.2) is 29.5 Å². The Kier molecular flexibility index (Phi) is 6.07. The van der Waals surface area contributed by atoms with Crippen LogP contribution in [0.3, 0.4) is 0 Å². The highest BCUT2D eigenvalue weighted by molar-refractivity contribution is 8.01. The molecule has 0 radical (unpaired) electrons. The highest BCUT2D eigenvalue weighted by atomic mass is 32.2. The molecular formula is C22H19N3O2S2. The van der Waals surface area contributed by atoms with E-state index < -0.39 is 0 Å². The molecule has 1 N–H and O–H groups in total. The van der Waals surface area contributed by atoms with Crippen LogP contribution in [0.4, 0.5) is 0 Å². The molecular weight excluding hydrogens is 402 g/mol. The van der Waals surface area contributed by atoms with Crippen molar-refractivity contribution < 1.29 is 9.53 Å². The molecule has 1 aromatic heterocycles. The van der Waals surface area contributed by atoms with Gasteiger partial charge < -0.3 is 4.74 Å². The fourth-order valence-electron chi connectivity index (χ4n) is 2.93. The molecule has 4 aromatic rings. The van der Waals surface area contributed by atoms with E-state index in [0.717, 1.165) is 36.6 Å². The molecule has 146 valence electrons. The summed E-state index contributed by atoms with van der Waals surface area (Å²) in [6, 6.07) is 19.9. The number of thiazole rings is 1. The molecule has 0 unspecified atom stereocenters. The summed E-state index contributed by atoms with van der Waals surface area (Å²) in [7, 11) is 0. The first-order valence-corrected chi connectivity index (χ1v) is 11.0. The minimum Gasteiger partial charge on any atom is -0.493 e. The van der Waals surface area contributed by atoms with Gasteiger partial charge in [0.15, 0.2) is 4.34 Å². The van der Waals surface area contributed by atoms with Crippen LogP contribution in [0.1, 0.15) is 12.5 Å². The summed E-state index contributed by atoms with van der Waals surface area (Å²) in [6.07, 6.45) is 1.65. The molecule has 0 spiro atoms. The van der Waals surface area contributed by atoms with Crippen molar-refractivity contribution in [3.63, 3.8) is 0 Å². The van der Waals surface area contributed by atoms with Crippen LogP contribution in [0.5, 0.6) is 5.75 Å². The lowest BCUT2D eigenvalue weighted by Crippen LogP contribution is -2.19. The van der Waals surface area contributed by atoms with Crippen LogP contribution >= 0.6 is 23.1 Å². The minimum absolute atomic E-state index is 0.177. The number of hydrazone groups is 1. The quantitative estimate of drug-likeness (QED) is 0.256. The molecule has 0 aliphatic heterocycles. The lowest BCUT2D eigenvalue weighted by Gasteiger charge is -2.10. The van der Waals surface area contributed by atoms with Crippen molar-refractivity contribution in [3.05, 3.63) is 66.2 Å². The number of carbonyl (C=O) groups excluding carboxylic acids is 1. The summed E-state index contributed by atoms with van der Waals surface area (Å²) in [5.74, 6) is 0.821. The Bertz CT molecular complexity index is 1150. The molecule has 29 heavy (non-hydrogen) atoms. The van der Waals surface area contributed by atoms with E-state index in [-0.39, 0.29) is 11.7 Å². The molecule has 4 rings (SSSR count). The molecule has 1 heterocycles. The van der Waals surface area contributed by atoms with E-state index in [4.69, 9.17) is 4.74 Å². The second kappa shape index (κ2) is 9.07. The van der Waals surface area contributed by atoms with Crippen LogP contribution in [0.2, 0.25) is 0 Å². The third-order valence-corrected chi connectivity index (χ3v) is 6.39. The largest absolute Gasteiger partial charge is 0.493 e. The summed E-state index contributed by atoms with van der Waals surface area (Å²) in [6.45, 7) is 2.50. The minimum atomic E-state index is -0.177. The lowest BCUT2D eigenvalue weighted by molar-refractivity contribution is -0.118. The van der Waals surface area contributed by atoms with Crippen molar-refractivity contribution in [3.8, 4) is 5.75 Å². The zero-order valence-electron chi connectivity index (χ0n) is 15.8. The third-order valence-electron chi connectivity index (χ3n) is 4.21. The molecule has 5 nitrogen and oxygen atoms in total. The maximum absolute atomic E-state index is 12.2. The molecule has 0 aliphatic rings. The van der Waals surface area contributed by atoms with E-state index in [2.05, 4.69) is 15.5 Å². The first kappa shape index (κ1) is 19.4. The predicted octanol–water partition coefficient (Wildman–Crippen LogP) is 5.09. The summed E-state index contributed by atoms with van der Waals surface area (Å²) >= 11 is 3.00. The zero-order valence-corrected chi connectivity index (χ0v) is 17.4. The average molecular weight is 422 g/mol. The standard InChI is InChI=1S/C22H19N3O2S2/c1-2-27-19-12-11-15-7-3-4-8-16(15)17(19)13-23-25-21(26)14-28-22-24-18-9-5-6-10-20(18)29-22/h3-13H,2,14H2,1H3,(H,25,26)/b23-13-. The highest BCUT2D eigenvalue weighted by Crippen LogP contribution is 2.29. The normalized spacial score (nSPS) is 11.3. The number of hydrogen-bond acceptors (Lipinski definition) is 6. The van der Waals surface area contributed by atoms with Gasteiger partial charge in [-0.2, -0.15) is 5.10 Å². The molecule has 7 heteroatoms.